The van der Waals surface area contributed by atoms with Gasteiger partial charge in [0, 0.05) is 20.1 Å². The number of hydrogen-bond acceptors (Lipinski definition) is 3. The predicted octanol–water partition coefficient (Wildman–Crippen LogP) is -0.617. The zero-order valence-electron chi connectivity index (χ0n) is 5.75. The number of aliphatic hydroxyl groups is 1. The van der Waals surface area contributed by atoms with Gasteiger partial charge in [0.15, 0.2) is 0 Å². The monoisotopic (exact) mass is 130 g/mol. The second-order valence-electron chi connectivity index (χ2n) is 1.82. The van der Waals surface area contributed by atoms with Crippen molar-refractivity contribution in [2.45, 2.75) is 0 Å². The smallest absolute Gasteiger partial charge is 0.0606 e. The van der Waals surface area contributed by atoms with Crippen molar-refractivity contribution in [2.75, 3.05) is 26.7 Å². The minimum absolute atomic E-state index is 0.186. The molecule has 0 fully saturated rings. The van der Waals surface area contributed by atoms with Crippen LogP contribution in [-0.2, 0) is 0 Å². The molecular formula is C6H14N2O. The Morgan fingerprint density at radius 1 is 1.67 bits per heavy atom. The quantitative estimate of drug-likeness (QED) is 0.533. The lowest BCUT2D eigenvalue weighted by Gasteiger charge is -2.10. The molecule has 0 bridgehead atoms. The predicted molar refractivity (Wildman–Crippen MR) is 37.9 cm³/mol. The van der Waals surface area contributed by atoms with Gasteiger partial charge >= 0.3 is 0 Å². The molecule has 0 aliphatic carbocycles. The number of aliphatic hydroxyl groups excluding tert-OH is 1. The number of rotatable bonds is 4. The van der Waals surface area contributed by atoms with E-state index < -0.39 is 0 Å². The summed E-state index contributed by atoms with van der Waals surface area (Å²) in [4.78, 5) is 1.88. The fourth-order valence-corrected chi connectivity index (χ4v) is 0.473. The molecular weight excluding hydrogens is 116 g/mol. The van der Waals surface area contributed by atoms with Gasteiger partial charge in [0.2, 0.25) is 0 Å². The Labute approximate surface area is 55.8 Å². The Morgan fingerprint density at radius 2 is 2.33 bits per heavy atom. The van der Waals surface area contributed by atoms with E-state index in [9.17, 15) is 0 Å². The summed E-state index contributed by atoms with van der Waals surface area (Å²) in [5, 5.41) is 8.43. The average molecular weight is 130 g/mol. The first-order valence-electron chi connectivity index (χ1n) is 2.99. The molecule has 0 radical (unpaired) electrons. The van der Waals surface area contributed by atoms with Crippen molar-refractivity contribution in [1.29, 1.82) is 0 Å². The number of hydrogen-bond donors (Lipinski definition) is 2. The second kappa shape index (κ2) is 5.59. The Balaban J connectivity index is 3.25. The van der Waals surface area contributed by atoms with Crippen LogP contribution in [0.1, 0.15) is 0 Å². The molecule has 0 saturated heterocycles. The minimum Gasteiger partial charge on any atom is -0.395 e. The fraction of sp³-hybridized carbons (Fsp3) is 0.667. The second-order valence-corrected chi connectivity index (χ2v) is 1.82. The van der Waals surface area contributed by atoms with Gasteiger partial charge in [-0.25, -0.2) is 0 Å². The van der Waals surface area contributed by atoms with Gasteiger partial charge in [-0.1, -0.05) is 6.08 Å². The molecule has 0 aliphatic heterocycles. The topological polar surface area (TPSA) is 49.5 Å². The van der Waals surface area contributed by atoms with Gasteiger partial charge in [-0.15, -0.1) is 0 Å². The molecule has 0 amide bonds. The number of nitrogens with zero attached hydrogens (tertiary/aromatic N) is 1. The van der Waals surface area contributed by atoms with Crippen molar-refractivity contribution in [3.05, 3.63) is 12.3 Å². The lowest BCUT2D eigenvalue weighted by Crippen LogP contribution is -2.15. The fourth-order valence-electron chi connectivity index (χ4n) is 0.473. The Bertz CT molecular complexity index is 83.1. The van der Waals surface area contributed by atoms with Crippen molar-refractivity contribution in [1.82, 2.24) is 4.90 Å². The third-order valence-electron chi connectivity index (χ3n) is 0.949. The van der Waals surface area contributed by atoms with Crippen molar-refractivity contribution in [3.63, 3.8) is 0 Å². The number of nitrogens with two attached hydrogens (primary N) is 1. The maximum atomic E-state index is 8.43. The van der Waals surface area contributed by atoms with Gasteiger partial charge in [0.1, 0.15) is 0 Å². The Hall–Kier alpha value is -0.540. The van der Waals surface area contributed by atoms with Crippen molar-refractivity contribution in [3.8, 4) is 0 Å². The summed E-state index contributed by atoms with van der Waals surface area (Å²) in [6, 6.07) is 0. The summed E-state index contributed by atoms with van der Waals surface area (Å²) in [6.45, 7) is 1.40. The van der Waals surface area contributed by atoms with Gasteiger partial charge in [0.05, 0.1) is 6.61 Å². The van der Waals surface area contributed by atoms with Gasteiger partial charge in [-0.3, -0.25) is 0 Å². The van der Waals surface area contributed by atoms with E-state index in [0.717, 1.165) is 0 Å². The van der Waals surface area contributed by atoms with E-state index in [4.69, 9.17) is 10.8 Å². The lowest BCUT2D eigenvalue weighted by atomic mass is 10.5. The van der Waals surface area contributed by atoms with E-state index in [2.05, 4.69) is 0 Å². The molecule has 0 rings (SSSR count). The van der Waals surface area contributed by atoms with Crippen LogP contribution in [0.2, 0.25) is 0 Å². The highest BCUT2D eigenvalue weighted by Gasteiger charge is 1.84. The Morgan fingerprint density at radius 3 is 2.78 bits per heavy atom. The standard InChI is InChI=1S/C6H14N2O/c1-8(5-6-9)4-2-3-7/h2,4,9H,3,5-7H2,1H3. The molecule has 0 aromatic heterocycles. The first-order chi connectivity index (χ1) is 4.31. The molecule has 0 aromatic carbocycles. The van der Waals surface area contributed by atoms with Crippen LogP contribution in [0.5, 0.6) is 0 Å². The third kappa shape index (κ3) is 5.33. The molecule has 0 spiro atoms. The maximum absolute atomic E-state index is 8.43. The lowest BCUT2D eigenvalue weighted by molar-refractivity contribution is 0.254. The van der Waals surface area contributed by atoms with E-state index in [1.807, 2.05) is 24.2 Å². The summed E-state index contributed by atoms with van der Waals surface area (Å²) < 4.78 is 0. The first kappa shape index (κ1) is 8.46. The zero-order valence-corrected chi connectivity index (χ0v) is 5.75. The van der Waals surface area contributed by atoms with Crippen molar-refractivity contribution >= 4 is 0 Å². The van der Waals surface area contributed by atoms with E-state index >= 15 is 0 Å². The largest absolute Gasteiger partial charge is 0.395 e. The highest BCUT2D eigenvalue weighted by Crippen LogP contribution is 1.80. The average Bonchev–Trinajstić information content (AvgIpc) is 1.85. The molecule has 0 saturated carbocycles. The summed E-state index contributed by atoms with van der Waals surface area (Å²) in [5.74, 6) is 0. The van der Waals surface area contributed by atoms with Crippen LogP contribution in [0.25, 0.3) is 0 Å². The van der Waals surface area contributed by atoms with Crippen LogP contribution in [0, 0.1) is 0 Å². The van der Waals surface area contributed by atoms with Crippen LogP contribution in [0.4, 0.5) is 0 Å². The van der Waals surface area contributed by atoms with E-state index in [1.54, 1.807) is 0 Å². The summed E-state index contributed by atoms with van der Waals surface area (Å²) >= 11 is 0. The van der Waals surface area contributed by atoms with E-state index in [0.29, 0.717) is 13.1 Å². The van der Waals surface area contributed by atoms with Crippen LogP contribution in [0.3, 0.4) is 0 Å². The van der Waals surface area contributed by atoms with Gasteiger partial charge in [-0.2, -0.15) is 0 Å². The first-order valence-corrected chi connectivity index (χ1v) is 2.99. The zero-order chi connectivity index (χ0) is 7.11. The normalized spacial score (nSPS) is 10.6. The summed E-state index contributed by atoms with van der Waals surface area (Å²) in [7, 11) is 1.89. The number of likely N-dealkylation sites (N-methyl/N-ethyl adjacent to an activating group) is 1. The molecule has 3 heteroatoms. The highest BCUT2D eigenvalue weighted by molar-refractivity contribution is 4.80. The van der Waals surface area contributed by atoms with Gasteiger partial charge in [0.25, 0.3) is 0 Å². The highest BCUT2D eigenvalue weighted by atomic mass is 16.3. The molecule has 0 aromatic rings. The van der Waals surface area contributed by atoms with Gasteiger partial charge < -0.3 is 15.7 Å². The summed E-state index contributed by atoms with van der Waals surface area (Å²) in [6.07, 6.45) is 3.70. The molecule has 0 aliphatic rings. The maximum Gasteiger partial charge on any atom is 0.0606 e. The SMILES string of the molecule is CN(C=CCN)CCO. The van der Waals surface area contributed by atoms with Crippen LogP contribution < -0.4 is 5.73 Å². The van der Waals surface area contributed by atoms with E-state index in [1.165, 1.54) is 0 Å². The molecule has 0 unspecified atom stereocenters. The minimum atomic E-state index is 0.186. The molecule has 0 heterocycles. The Kier molecular flexibility index (Phi) is 5.26. The molecule has 3 N–H and O–H groups in total. The van der Waals surface area contributed by atoms with E-state index in [-0.39, 0.29) is 6.61 Å². The molecule has 9 heavy (non-hydrogen) atoms. The molecule has 0 atom stereocenters. The summed E-state index contributed by atoms with van der Waals surface area (Å²) in [5.41, 5.74) is 5.20. The van der Waals surface area contributed by atoms with Crippen LogP contribution in [-0.4, -0.2) is 36.8 Å². The van der Waals surface area contributed by atoms with Gasteiger partial charge in [-0.05, 0) is 6.20 Å². The van der Waals surface area contributed by atoms with Crippen molar-refractivity contribution in [2.24, 2.45) is 5.73 Å². The van der Waals surface area contributed by atoms with Crippen molar-refractivity contribution < 1.29 is 5.11 Å². The molecule has 54 valence electrons. The molecule has 3 nitrogen and oxygen atoms in total. The van der Waals surface area contributed by atoms with Crippen LogP contribution in [0.15, 0.2) is 12.3 Å². The third-order valence-corrected chi connectivity index (χ3v) is 0.949. The van der Waals surface area contributed by atoms with Crippen LogP contribution >= 0.6 is 0 Å².